The molecule has 0 aromatic heterocycles. The van der Waals surface area contributed by atoms with Crippen LogP contribution < -0.4 is 0 Å². The van der Waals surface area contributed by atoms with Crippen molar-refractivity contribution in [2.24, 2.45) is 0 Å². The van der Waals surface area contributed by atoms with Crippen molar-refractivity contribution in [3.63, 3.8) is 0 Å². The topological polar surface area (TPSA) is 0 Å². The molecule has 0 saturated heterocycles. The molecule has 0 unspecified atom stereocenters. The van der Waals surface area contributed by atoms with Crippen LogP contribution in [0.3, 0.4) is 0 Å². The van der Waals surface area contributed by atoms with E-state index in [0.717, 1.165) is 0 Å². The molecule has 0 radical (unpaired) electrons. The normalized spacial score (nSPS) is 8.29. The molecule has 0 aromatic rings. The van der Waals surface area contributed by atoms with Crippen LogP contribution in [0.4, 0.5) is 0 Å². The van der Waals surface area contributed by atoms with Crippen molar-refractivity contribution < 1.29 is 38.7 Å². The molecule has 0 fully saturated rings. The molecule has 0 bridgehead atoms. The summed E-state index contributed by atoms with van der Waals surface area (Å²) in [6, 6.07) is 0. The summed E-state index contributed by atoms with van der Waals surface area (Å²) in [6.07, 6.45) is 1.27. The molecule has 0 spiro atoms. The minimum absolute atomic E-state index is 1.27. The third-order valence-electron chi connectivity index (χ3n) is 0.498. The Morgan fingerprint density at radius 1 is 1.14 bits per heavy atom. The average molecular weight is 436 g/mol. The van der Waals surface area contributed by atoms with Crippen LogP contribution in [0.25, 0.3) is 0 Å². The molecule has 0 saturated carbocycles. The summed E-state index contributed by atoms with van der Waals surface area (Å²) in [5, 5.41) is 0. The molecule has 0 heterocycles. The summed E-state index contributed by atoms with van der Waals surface area (Å²) in [7, 11) is 0. The van der Waals surface area contributed by atoms with Crippen molar-refractivity contribution in [3.05, 3.63) is 0 Å². The predicted molar refractivity (Wildman–Crippen MR) is 26.0 cm³/mol. The first-order chi connectivity index (χ1) is 3.13. The Kier molecular flexibility index (Phi) is 4.69. The van der Waals surface area contributed by atoms with Crippen LogP contribution in [0.1, 0.15) is 20.3 Å². The number of rotatable bonds is 2. The van der Waals surface area contributed by atoms with Gasteiger partial charge in [0.2, 0.25) is 0 Å². The zero-order chi connectivity index (χ0) is 5.86. The van der Waals surface area contributed by atoms with Crippen LogP contribution in [0.5, 0.6) is 0 Å². The van der Waals surface area contributed by atoms with Crippen molar-refractivity contribution in [3.8, 4) is 0 Å². The molecule has 0 aliphatic rings. The van der Waals surface area contributed by atoms with Gasteiger partial charge in [-0.15, -0.1) is 0 Å². The molecule has 0 amide bonds. The standard InChI is InChI=1S/C5H8.2W/c1-3-5-4-2;;/h5H2,1-2H3;;. The van der Waals surface area contributed by atoms with E-state index in [9.17, 15) is 0 Å². The van der Waals surface area contributed by atoms with E-state index in [4.69, 9.17) is 0 Å². The first-order valence-electron chi connectivity index (χ1n) is 2.12. The van der Waals surface area contributed by atoms with Gasteiger partial charge in [-0.25, -0.2) is 0 Å². The van der Waals surface area contributed by atoms with E-state index in [1.165, 1.54) is 6.42 Å². The molecule has 0 rings (SSSR count). The van der Waals surface area contributed by atoms with Gasteiger partial charge in [-0.05, 0) is 0 Å². The van der Waals surface area contributed by atoms with Gasteiger partial charge in [0, 0.05) is 0 Å². The van der Waals surface area contributed by atoms with Crippen molar-refractivity contribution >= 4 is 7.80 Å². The fourth-order valence-corrected chi connectivity index (χ4v) is 3.33. The fourth-order valence-electron chi connectivity index (χ4n) is 0.351. The molecule has 0 aliphatic carbocycles. The van der Waals surface area contributed by atoms with Gasteiger partial charge >= 0.3 is 66.8 Å². The molecule has 0 N–H and O–H groups in total. The molecule has 40 valence electrons. The summed E-state index contributed by atoms with van der Waals surface area (Å²) in [6.45, 7) is 4.42. The Labute approximate surface area is 66.5 Å². The first kappa shape index (κ1) is 8.12. The summed E-state index contributed by atoms with van der Waals surface area (Å²) in [5.41, 5.74) is 0. The second kappa shape index (κ2) is 4.04. The minimum atomic E-state index is 1.27. The van der Waals surface area contributed by atoms with E-state index >= 15 is 0 Å². The first-order valence-corrected chi connectivity index (χ1v) is 5.05. The molecule has 0 aromatic carbocycles. The van der Waals surface area contributed by atoms with Gasteiger partial charge in [-0.2, -0.15) is 0 Å². The molecule has 0 aliphatic heterocycles. The van der Waals surface area contributed by atoms with Crippen LogP contribution in [0, 0.1) is 0 Å². The maximum atomic E-state index is 2.21. The molecule has 0 nitrogen and oxygen atoms in total. The monoisotopic (exact) mass is 436 g/mol. The zero-order valence-electron chi connectivity index (χ0n) is 4.52. The van der Waals surface area contributed by atoms with Crippen LogP contribution in [0.15, 0.2) is 0 Å². The summed E-state index contributed by atoms with van der Waals surface area (Å²) in [4.78, 5) is 0. The van der Waals surface area contributed by atoms with Crippen LogP contribution >= 0.6 is 0 Å². The summed E-state index contributed by atoms with van der Waals surface area (Å²) >= 11 is 3.27. The van der Waals surface area contributed by atoms with Crippen molar-refractivity contribution in [2.45, 2.75) is 20.3 Å². The Bertz CT molecular complexity index is 82.3. The Morgan fingerprint density at radius 2 is 1.43 bits per heavy atom. The van der Waals surface area contributed by atoms with Crippen molar-refractivity contribution in [1.82, 2.24) is 0 Å². The zero-order valence-corrected chi connectivity index (χ0v) is 10.4. The molecule has 2 heteroatoms. The van der Waals surface area contributed by atoms with Gasteiger partial charge in [0.05, 0.1) is 0 Å². The predicted octanol–water partition coefficient (Wildman–Crippen LogP) is 0.855. The Morgan fingerprint density at radius 3 is 1.43 bits per heavy atom. The second-order valence-corrected chi connectivity index (χ2v) is 6.59. The SMILES string of the molecule is C[C](=[W])C[C](C)=[W]. The van der Waals surface area contributed by atoms with Crippen LogP contribution in [-0.2, 0) is 38.7 Å². The fraction of sp³-hybridized carbons (Fsp3) is 0.600. The number of hydrogen-bond donors (Lipinski definition) is 0. The quantitative estimate of drug-likeness (QED) is 0.603. The van der Waals surface area contributed by atoms with Crippen molar-refractivity contribution in [2.75, 3.05) is 0 Å². The van der Waals surface area contributed by atoms with Gasteiger partial charge in [0.1, 0.15) is 0 Å². The van der Waals surface area contributed by atoms with E-state index in [1.807, 2.05) is 0 Å². The summed E-state index contributed by atoms with van der Waals surface area (Å²) < 4.78 is 3.21. The second-order valence-electron chi connectivity index (χ2n) is 1.58. The van der Waals surface area contributed by atoms with Gasteiger partial charge < -0.3 is 0 Å². The summed E-state index contributed by atoms with van der Waals surface area (Å²) in [5.74, 6) is 0. The van der Waals surface area contributed by atoms with Crippen LogP contribution in [-0.4, -0.2) is 7.80 Å². The van der Waals surface area contributed by atoms with Gasteiger partial charge in [-0.1, -0.05) is 0 Å². The third kappa shape index (κ3) is 7.12. The van der Waals surface area contributed by atoms with Crippen LogP contribution in [0.2, 0.25) is 0 Å². The maximum absolute atomic E-state index is 2.21. The van der Waals surface area contributed by atoms with E-state index in [-0.39, 0.29) is 0 Å². The molecular formula is C5H8W2. The van der Waals surface area contributed by atoms with Crippen molar-refractivity contribution in [1.29, 1.82) is 0 Å². The van der Waals surface area contributed by atoms with Gasteiger partial charge in [0.25, 0.3) is 0 Å². The Balaban J connectivity index is 3.32. The van der Waals surface area contributed by atoms with E-state index in [1.54, 1.807) is 46.5 Å². The third-order valence-corrected chi connectivity index (χ3v) is 1.54. The van der Waals surface area contributed by atoms with E-state index in [2.05, 4.69) is 13.8 Å². The molecular weight excluding hydrogens is 428 g/mol. The molecule has 7 heavy (non-hydrogen) atoms. The molecule has 0 atom stereocenters. The van der Waals surface area contributed by atoms with E-state index < -0.39 is 0 Å². The Hall–Kier alpha value is 1.12. The van der Waals surface area contributed by atoms with Gasteiger partial charge in [-0.3, -0.25) is 0 Å². The number of hydrogen-bond acceptors (Lipinski definition) is 0. The van der Waals surface area contributed by atoms with E-state index in [0.29, 0.717) is 0 Å². The average Bonchev–Trinajstić information content (AvgIpc) is 1.27. The van der Waals surface area contributed by atoms with Gasteiger partial charge in [0.15, 0.2) is 0 Å².